The number of carbonyl (C=O) groups excluding carboxylic acids is 1. The van der Waals surface area contributed by atoms with Gasteiger partial charge in [-0.2, -0.15) is 0 Å². The molecule has 2 heterocycles. The molecular weight excluding hydrogens is 464 g/mol. The second-order valence-corrected chi connectivity index (χ2v) is 11.0. The van der Waals surface area contributed by atoms with Crippen molar-refractivity contribution < 1.29 is 19.0 Å². The quantitative estimate of drug-likeness (QED) is 0.270. The van der Waals surface area contributed by atoms with Gasteiger partial charge in [-0.05, 0) is 72.3 Å². The molecule has 0 radical (unpaired) electrons. The molecule has 1 atom stereocenters. The van der Waals surface area contributed by atoms with Crippen LogP contribution in [0.25, 0.3) is 11.3 Å². The molecule has 0 bridgehead atoms. The van der Waals surface area contributed by atoms with Crippen LogP contribution in [0.1, 0.15) is 69.6 Å². The Morgan fingerprint density at radius 2 is 1.92 bits per heavy atom. The van der Waals surface area contributed by atoms with Crippen molar-refractivity contribution >= 4 is 5.97 Å². The number of aromatic nitrogens is 2. The number of hydrogen-bond donors (Lipinski definition) is 0. The third kappa shape index (κ3) is 7.54. The number of hydrogen-bond acceptors (Lipinski definition) is 6. The van der Waals surface area contributed by atoms with Crippen LogP contribution in [0.3, 0.4) is 0 Å². The summed E-state index contributed by atoms with van der Waals surface area (Å²) in [6, 6.07) is 14.4. The van der Waals surface area contributed by atoms with E-state index in [1.165, 1.54) is 18.4 Å². The van der Waals surface area contributed by atoms with Gasteiger partial charge in [0.15, 0.2) is 0 Å². The first kappa shape index (κ1) is 26.6. The van der Waals surface area contributed by atoms with Crippen LogP contribution in [0.5, 0.6) is 11.6 Å². The molecule has 4 rings (SSSR count). The van der Waals surface area contributed by atoms with Crippen LogP contribution in [-0.4, -0.2) is 29.7 Å². The highest BCUT2D eigenvalue weighted by Gasteiger charge is 2.34. The molecule has 0 spiro atoms. The molecule has 1 saturated carbocycles. The van der Waals surface area contributed by atoms with Gasteiger partial charge in [-0.25, -0.2) is 4.98 Å². The number of rotatable bonds is 11. The average molecular weight is 503 g/mol. The summed E-state index contributed by atoms with van der Waals surface area (Å²) >= 11 is 0. The molecule has 3 aromatic rings. The van der Waals surface area contributed by atoms with E-state index in [0.717, 1.165) is 34.6 Å². The Hall–Kier alpha value is -3.41. The number of benzene rings is 1. The fraction of sp³-hybridized carbons (Fsp3) is 0.452. The van der Waals surface area contributed by atoms with Crippen LogP contribution >= 0.6 is 0 Å². The summed E-state index contributed by atoms with van der Waals surface area (Å²) in [5.41, 5.74) is 5.35. The SMILES string of the molecule is CCOC(=O)CC(c1cccc(COc2cnc(-c3ccnc(OC)c3)c(CC(C)(C)C)c2)c1)C1CC1. The molecule has 6 nitrogen and oxygen atoms in total. The number of esters is 1. The zero-order chi connectivity index (χ0) is 26.4. The first-order valence-corrected chi connectivity index (χ1v) is 13.1. The Kier molecular flexibility index (Phi) is 8.47. The van der Waals surface area contributed by atoms with Crippen LogP contribution in [0, 0.1) is 11.3 Å². The summed E-state index contributed by atoms with van der Waals surface area (Å²) in [4.78, 5) is 21.2. The van der Waals surface area contributed by atoms with E-state index in [2.05, 4.69) is 56.1 Å². The van der Waals surface area contributed by atoms with E-state index in [9.17, 15) is 4.79 Å². The molecule has 37 heavy (non-hydrogen) atoms. The molecule has 6 heteroatoms. The lowest BCUT2D eigenvalue weighted by Gasteiger charge is -2.21. The fourth-order valence-corrected chi connectivity index (χ4v) is 4.74. The molecular formula is C31H38N2O4. The first-order chi connectivity index (χ1) is 17.8. The zero-order valence-electron chi connectivity index (χ0n) is 22.6. The maximum Gasteiger partial charge on any atom is 0.306 e. The third-order valence-corrected chi connectivity index (χ3v) is 6.55. The monoisotopic (exact) mass is 502 g/mol. The van der Waals surface area contributed by atoms with Crippen LogP contribution in [0.2, 0.25) is 0 Å². The first-order valence-electron chi connectivity index (χ1n) is 13.1. The second kappa shape index (κ2) is 11.8. The summed E-state index contributed by atoms with van der Waals surface area (Å²) in [6.45, 7) is 9.36. The van der Waals surface area contributed by atoms with Crippen molar-refractivity contribution in [2.45, 2.75) is 65.9 Å². The van der Waals surface area contributed by atoms with Crippen molar-refractivity contribution in [1.82, 2.24) is 9.97 Å². The Bertz CT molecular complexity index is 1210. The van der Waals surface area contributed by atoms with Crippen molar-refractivity contribution in [2.24, 2.45) is 11.3 Å². The average Bonchev–Trinajstić information content (AvgIpc) is 3.71. The largest absolute Gasteiger partial charge is 0.487 e. The molecule has 1 aliphatic carbocycles. The van der Waals surface area contributed by atoms with Crippen molar-refractivity contribution in [3.63, 3.8) is 0 Å². The van der Waals surface area contributed by atoms with Crippen LogP contribution in [-0.2, 0) is 22.6 Å². The predicted octanol–water partition coefficient (Wildman–Crippen LogP) is 6.77. The fourth-order valence-electron chi connectivity index (χ4n) is 4.74. The second-order valence-electron chi connectivity index (χ2n) is 11.0. The Morgan fingerprint density at radius 1 is 1.11 bits per heavy atom. The van der Waals surface area contributed by atoms with Gasteiger partial charge in [-0.1, -0.05) is 45.0 Å². The molecule has 0 amide bonds. The van der Waals surface area contributed by atoms with E-state index >= 15 is 0 Å². The van der Waals surface area contributed by atoms with E-state index in [4.69, 9.17) is 19.2 Å². The normalized spacial score (nSPS) is 14.2. The molecule has 1 aliphatic rings. The van der Waals surface area contributed by atoms with Gasteiger partial charge >= 0.3 is 5.97 Å². The third-order valence-electron chi connectivity index (χ3n) is 6.55. The smallest absolute Gasteiger partial charge is 0.306 e. The van der Waals surface area contributed by atoms with Gasteiger partial charge in [-0.15, -0.1) is 0 Å². The molecule has 1 unspecified atom stereocenters. The lowest BCUT2D eigenvalue weighted by Crippen LogP contribution is -2.12. The van der Waals surface area contributed by atoms with Crippen LogP contribution in [0.15, 0.2) is 54.9 Å². The Balaban J connectivity index is 1.52. The molecule has 196 valence electrons. The predicted molar refractivity (Wildman–Crippen MR) is 145 cm³/mol. The summed E-state index contributed by atoms with van der Waals surface area (Å²) in [5.74, 6) is 1.94. The minimum absolute atomic E-state index is 0.0806. The maximum absolute atomic E-state index is 12.2. The van der Waals surface area contributed by atoms with E-state index in [1.54, 1.807) is 19.5 Å². The van der Waals surface area contributed by atoms with Crippen molar-refractivity contribution in [3.05, 3.63) is 71.5 Å². The zero-order valence-corrected chi connectivity index (χ0v) is 22.6. The molecule has 1 aromatic carbocycles. The van der Waals surface area contributed by atoms with Crippen molar-refractivity contribution in [2.75, 3.05) is 13.7 Å². The molecule has 0 aliphatic heterocycles. The van der Waals surface area contributed by atoms with E-state index in [-0.39, 0.29) is 17.3 Å². The summed E-state index contributed by atoms with van der Waals surface area (Å²) < 4.78 is 16.8. The standard InChI is InChI=1S/C31H38N2O4/c1-6-36-29(34)17-27(22-10-11-22)23-9-7-8-21(14-23)20-37-26-15-25(18-31(2,3)4)30(33-19-26)24-12-13-32-28(16-24)35-5/h7-9,12-16,19,22,27H,6,10-11,17-18,20H2,1-5H3. The summed E-state index contributed by atoms with van der Waals surface area (Å²) in [5, 5.41) is 0. The van der Waals surface area contributed by atoms with Gasteiger partial charge in [0.2, 0.25) is 5.88 Å². The van der Waals surface area contributed by atoms with E-state index in [1.807, 2.05) is 19.1 Å². The van der Waals surface area contributed by atoms with Crippen LogP contribution < -0.4 is 9.47 Å². The van der Waals surface area contributed by atoms with E-state index in [0.29, 0.717) is 31.4 Å². The minimum atomic E-state index is -0.120. The van der Waals surface area contributed by atoms with Gasteiger partial charge in [0.05, 0.1) is 32.0 Å². The number of nitrogens with zero attached hydrogens (tertiary/aromatic N) is 2. The van der Waals surface area contributed by atoms with Gasteiger partial charge in [0.1, 0.15) is 12.4 Å². The van der Waals surface area contributed by atoms with Gasteiger partial charge < -0.3 is 14.2 Å². The highest BCUT2D eigenvalue weighted by atomic mass is 16.5. The molecule has 1 fully saturated rings. The highest BCUT2D eigenvalue weighted by Crippen LogP contribution is 2.45. The number of methoxy groups -OCH3 is 1. The number of pyridine rings is 2. The lowest BCUT2D eigenvalue weighted by molar-refractivity contribution is -0.143. The maximum atomic E-state index is 12.2. The van der Waals surface area contributed by atoms with Crippen LogP contribution in [0.4, 0.5) is 0 Å². The van der Waals surface area contributed by atoms with Crippen molar-refractivity contribution in [3.8, 4) is 22.9 Å². The molecule has 2 aromatic heterocycles. The van der Waals surface area contributed by atoms with Gasteiger partial charge in [-0.3, -0.25) is 9.78 Å². The molecule has 0 saturated heterocycles. The van der Waals surface area contributed by atoms with E-state index < -0.39 is 0 Å². The lowest BCUT2D eigenvalue weighted by atomic mass is 9.86. The summed E-state index contributed by atoms with van der Waals surface area (Å²) in [7, 11) is 1.62. The highest BCUT2D eigenvalue weighted by molar-refractivity contribution is 5.70. The number of ether oxygens (including phenoxy) is 3. The Labute approximate surface area is 220 Å². The number of carbonyl (C=O) groups is 1. The van der Waals surface area contributed by atoms with Gasteiger partial charge in [0, 0.05) is 17.8 Å². The molecule has 0 N–H and O–H groups in total. The topological polar surface area (TPSA) is 70.5 Å². The van der Waals surface area contributed by atoms with Gasteiger partial charge in [0.25, 0.3) is 0 Å². The Morgan fingerprint density at radius 3 is 2.62 bits per heavy atom. The minimum Gasteiger partial charge on any atom is -0.487 e. The van der Waals surface area contributed by atoms with Crippen molar-refractivity contribution in [1.29, 1.82) is 0 Å². The summed E-state index contributed by atoms with van der Waals surface area (Å²) in [6.07, 6.45) is 7.15.